The van der Waals surface area contributed by atoms with Crippen LogP contribution in [-0.4, -0.2) is 91.9 Å². The molecule has 0 aliphatic heterocycles. The minimum absolute atomic E-state index is 0.0440. The van der Waals surface area contributed by atoms with Crippen LogP contribution in [0.1, 0.15) is 43.9 Å². The van der Waals surface area contributed by atoms with Crippen LogP contribution in [0.5, 0.6) is 0 Å². The SMILES string of the molecule is Cc1ccc(CON(CCOS(C)(=O)=O)CCOS(C)(=O)=O)cc1C[C@@H](CC(=O)OC(C)(C)C)N[B]C=O. The fraction of sp³-hybridized carbons (Fsp3) is 0.652. The van der Waals surface area contributed by atoms with Crippen molar-refractivity contribution in [3.05, 3.63) is 34.9 Å². The lowest BCUT2D eigenvalue weighted by Gasteiger charge is -2.24. The van der Waals surface area contributed by atoms with E-state index in [4.69, 9.17) is 17.9 Å². The molecule has 0 saturated carbocycles. The minimum Gasteiger partial charge on any atom is -0.460 e. The van der Waals surface area contributed by atoms with E-state index < -0.39 is 31.8 Å². The number of hydroxylamine groups is 2. The first-order valence-electron chi connectivity index (χ1n) is 11.9. The summed E-state index contributed by atoms with van der Waals surface area (Å²) < 4.78 is 59.9. The number of nitrogens with one attached hydrogen (secondary N) is 1. The Morgan fingerprint density at radius 2 is 1.66 bits per heavy atom. The lowest BCUT2D eigenvalue weighted by Crippen LogP contribution is -2.38. The van der Waals surface area contributed by atoms with Crippen molar-refractivity contribution >= 4 is 39.8 Å². The number of hydrogen-bond acceptors (Lipinski definition) is 12. The monoisotopic (exact) mass is 577 g/mol. The van der Waals surface area contributed by atoms with Crippen LogP contribution in [0.2, 0.25) is 0 Å². The molecule has 1 radical (unpaired) electrons. The van der Waals surface area contributed by atoms with Crippen molar-refractivity contribution in [1.29, 1.82) is 0 Å². The summed E-state index contributed by atoms with van der Waals surface area (Å²) in [7, 11) is -6.06. The number of benzene rings is 1. The number of rotatable bonds is 18. The van der Waals surface area contributed by atoms with Gasteiger partial charge in [-0.15, -0.1) is 0 Å². The zero-order chi connectivity index (χ0) is 29.0. The van der Waals surface area contributed by atoms with Crippen LogP contribution in [0.4, 0.5) is 0 Å². The summed E-state index contributed by atoms with van der Waals surface area (Å²) in [6, 6.07) is 5.26. The average Bonchev–Trinajstić information content (AvgIpc) is 2.74. The summed E-state index contributed by atoms with van der Waals surface area (Å²) in [6.07, 6.45) is 2.94. The number of esters is 1. The van der Waals surface area contributed by atoms with Crippen molar-refractivity contribution in [1.82, 2.24) is 10.3 Å². The Hall–Kier alpha value is -1.88. The second-order valence-electron chi connectivity index (χ2n) is 9.68. The molecule has 12 nitrogen and oxygen atoms in total. The van der Waals surface area contributed by atoms with Crippen molar-refractivity contribution in [3.63, 3.8) is 0 Å². The summed E-state index contributed by atoms with van der Waals surface area (Å²) in [5, 5.41) is 4.31. The third kappa shape index (κ3) is 16.9. The average molecular weight is 578 g/mol. The maximum Gasteiger partial charge on any atom is 0.307 e. The van der Waals surface area contributed by atoms with E-state index in [-0.39, 0.29) is 45.4 Å². The predicted octanol–water partition coefficient (Wildman–Crippen LogP) is 0.723. The highest BCUT2D eigenvalue weighted by atomic mass is 32.2. The van der Waals surface area contributed by atoms with Crippen molar-refractivity contribution in [2.24, 2.45) is 0 Å². The van der Waals surface area contributed by atoms with Crippen molar-refractivity contribution in [2.45, 2.75) is 58.8 Å². The third-order valence-corrected chi connectivity index (χ3v) is 5.99. The molecular formula is C23H38BN2O10S2. The first kappa shape index (κ1) is 34.2. The highest BCUT2D eigenvalue weighted by Crippen LogP contribution is 2.17. The lowest BCUT2D eigenvalue weighted by atomic mass is 9.91. The normalized spacial score (nSPS) is 13.3. The molecule has 0 saturated heterocycles. The molecule has 1 N–H and O–H groups in total. The Morgan fingerprint density at radius 1 is 1.08 bits per heavy atom. The van der Waals surface area contributed by atoms with Gasteiger partial charge in [0.05, 0.1) is 44.9 Å². The van der Waals surface area contributed by atoms with E-state index in [2.05, 4.69) is 5.23 Å². The molecule has 0 bridgehead atoms. The molecule has 0 aliphatic carbocycles. The second kappa shape index (κ2) is 15.6. The molecular weight excluding hydrogens is 539 g/mol. The maximum atomic E-state index is 12.4. The number of hydrogen-bond donors (Lipinski definition) is 1. The van der Waals surface area contributed by atoms with E-state index >= 15 is 0 Å². The zero-order valence-electron chi connectivity index (χ0n) is 22.8. The van der Waals surface area contributed by atoms with Gasteiger partial charge in [0.2, 0.25) is 0 Å². The van der Waals surface area contributed by atoms with Gasteiger partial charge in [-0.1, -0.05) is 18.2 Å². The van der Waals surface area contributed by atoms with Crippen LogP contribution >= 0.6 is 0 Å². The minimum atomic E-state index is -3.65. The molecule has 1 rings (SSSR count). The van der Waals surface area contributed by atoms with Gasteiger partial charge >= 0.3 is 5.97 Å². The Kier molecular flexibility index (Phi) is 14.1. The summed E-state index contributed by atoms with van der Waals surface area (Å²) in [5.41, 5.74) is 2.03. The molecule has 215 valence electrons. The predicted molar refractivity (Wildman–Crippen MR) is 143 cm³/mol. The van der Waals surface area contributed by atoms with E-state index in [9.17, 15) is 26.4 Å². The van der Waals surface area contributed by atoms with Crippen molar-refractivity contribution < 1.29 is 44.4 Å². The summed E-state index contributed by atoms with van der Waals surface area (Å²) in [6.45, 7) is 7.06. The van der Waals surface area contributed by atoms with E-state index in [0.29, 0.717) is 12.6 Å². The molecule has 0 amide bonds. The van der Waals surface area contributed by atoms with Gasteiger partial charge in [0, 0.05) is 19.1 Å². The van der Waals surface area contributed by atoms with Crippen LogP contribution in [0.15, 0.2) is 18.2 Å². The van der Waals surface area contributed by atoms with Crippen LogP contribution < -0.4 is 5.23 Å². The fourth-order valence-corrected chi connectivity index (χ4v) is 3.99. The second-order valence-corrected chi connectivity index (χ2v) is 13.0. The van der Waals surface area contributed by atoms with Gasteiger partial charge in [-0.25, -0.2) is 0 Å². The van der Waals surface area contributed by atoms with E-state index in [1.165, 1.54) is 12.5 Å². The topological polar surface area (TPSA) is 155 Å². The molecule has 0 aromatic heterocycles. The molecule has 0 spiro atoms. The molecule has 1 atom stereocenters. The van der Waals surface area contributed by atoms with E-state index in [1.54, 1.807) is 20.8 Å². The summed E-state index contributed by atoms with van der Waals surface area (Å²) in [4.78, 5) is 29.0. The Labute approximate surface area is 226 Å². The van der Waals surface area contributed by atoms with Gasteiger partial charge in [0.25, 0.3) is 27.7 Å². The smallest absolute Gasteiger partial charge is 0.307 e. The number of carbonyl (C=O) groups is 2. The zero-order valence-corrected chi connectivity index (χ0v) is 24.4. The number of aryl methyl sites for hydroxylation is 1. The van der Waals surface area contributed by atoms with E-state index in [1.807, 2.05) is 25.1 Å². The van der Waals surface area contributed by atoms with Gasteiger partial charge < -0.3 is 14.8 Å². The third-order valence-electron chi connectivity index (χ3n) is 4.80. The van der Waals surface area contributed by atoms with Crippen LogP contribution in [0.25, 0.3) is 0 Å². The summed E-state index contributed by atoms with van der Waals surface area (Å²) in [5.74, 6) is -0.394. The van der Waals surface area contributed by atoms with Gasteiger partial charge in [-0.05, 0) is 50.8 Å². The molecule has 0 aliphatic rings. The van der Waals surface area contributed by atoms with Gasteiger partial charge in [0.15, 0.2) is 0 Å². The molecule has 15 heteroatoms. The maximum absolute atomic E-state index is 12.4. The molecule has 38 heavy (non-hydrogen) atoms. The van der Waals surface area contributed by atoms with Crippen LogP contribution in [0, 0.1) is 6.92 Å². The lowest BCUT2D eigenvalue weighted by molar-refractivity contribution is -0.175. The van der Waals surface area contributed by atoms with Gasteiger partial charge in [-0.2, -0.15) is 21.9 Å². The molecule has 1 aromatic rings. The van der Waals surface area contributed by atoms with Gasteiger partial charge in [-0.3, -0.25) is 18.0 Å². The van der Waals surface area contributed by atoms with E-state index in [0.717, 1.165) is 29.2 Å². The molecule has 1 aromatic carbocycles. The summed E-state index contributed by atoms with van der Waals surface area (Å²) >= 11 is 0. The Balaban J connectivity index is 2.91. The number of carbonyl (C=O) groups excluding carboxylic acids is 2. The molecule has 0 fully saturated rings. The van der Waals surface area contributed by atoms with Crippen molar-refractivity contribution in [3.8, 4) is 0 Å². The standard InChI is InChI=1S/C23H38BN2O10S2/c1-18-7-8-19(13-20(18)14-21(25-24-17-27)15-22(28)36-23(2,3)4)16-33-26(9-11-34-37(5,29)30)10-12-35-38(6,31)32/h7-8,13,17,21,25H,9-12,14-16H2,1-6H3/t21-/m0/s1. The highest BCUT2D eigenvalue weighted by molar-refractivity contribution is 7.86. The number of nitrogens with zero attached hydrogens (tertiary/aromatic N) is 1. The number of ether oxygens (including phenoxy) is 1. The highest BCUT2D eigenvalue weighted by Gasteiger charge is 2.21. The van der Waals surface area contributed by atoms with Gasteiger partial charge in [0.1, 0.15) is 5.60 Å². The largest absolute Gasteiger partial charge is 0.460 e. The molecule has 0 heterocycles. The first-order chi connectivity index (χ1) is 17.5. The molecule has 0 unspecified atom stereocenters. The Morgan fingerprint density at radius 3 is 2.16 bits per heavy atom. The fourth-order valence-electron chi connectivity index (χ4n) is 3.24. The van der Waals surface area contributed by atoms with Crippen LogP contribution in [0.3, 0.4) is 0 Å². The Bertz CT molecular complexity index is 1080. The quantitative estimate of drug-likeness (QED) is 0.0860. The van der Waals surface area contributed by atoms with Crippen molar-refractivity contribution in [2.75, 3.05) is 38.8 Å². The van der Waals surface area contributed by atoms with Crippen LogP contribution in [-0.2, 0) is 60.8 Å². The first-order valence-corrected chi connectivity index (χ1v) is 15.5.